The van der Waals surface area contributed by atoms with Gasteiger partial charge in [-0.1, -0.05) is 0 Å². The molecule has 4 aromatic rings. The number of halogens is 2. The molecule has 0 bridgehead atoms. The molecule has 0 fully saturated rings. The molecule has 0 spiro atoms. The van der Waals surface area contributed by atoms with E-state index in [2.05, 4.69) is 9.97 Å². The maximum atomic E-state index is 14.0. The van der Waals surface area contributed by atoms with Crippen LogP contribution in [0.3, 0.4) is 0 Å². The minimum absolute atomic E-state index is 0.234. The lowest BCUT2D eigenvalue weighted by molar-refractivity contribution is 0.0743. The number of pyridine rings is 2. The number of nitrogen functional groups attached to an aromatic ring is 4. The van der Waals surface area contributed by atoms with Crippen LogP contribution >= 0.6 is 0 Å². The van der Waals surface area contributed by atoms with Crippen molar-refractivity contribution in [1.82, 2.24) is 9.97 Å². The molecule has 2 heterocycles. The van der Waals surface area contributed by atoms with E-state index in [9.17, 15) is 29.2 Å². The Labute approximate surface area is 267 Å². The van der Waals surface area contributed by atoms with E-state index in [1.807, 2.05) is 0 Å². The molecule has 248 valence electrons. The van der Waals surface area contributed by atoms with Crippen molar-refractivity contribution in [1.29, 1.82) is 0 Å². The fraction of sp³-hybridized carbons (Fsp3) is 0.353. The summed E-state index contributed by atoms with van der Waals surface area (Å²) in [5.74, 6) is -1.07. The molecule has 12 heteroatoms. The van der Waals surface area contributed by atoms with Crippen LogP contribution in [-0.2, 0) is 22.4 Å². The fourth-order valence-corrected chi connectivity index (χ4v) is 4.89. The lowest BCUT2D eigenvalue weighted by atomic mass is 9.92. The second-order valence-electron chi connectivity index (χ2n) is 13.3. The number of aliphatic hydroxyl groups is 4. The summed E-state index contributed by atoms with van der Waals surface area (Å²) in [6.07, 6.45) is 0. The number of hydrogen-bond donors (Lipinski definition) is 8. The van der Waals surface area contributed by atoms with Crippen molar-refractivity contribution < 1.29 is 29.2 Å². The molecule has 0 saturated carbocycles. The summed E-state index contributed by atoms with van der Waals surface area (Å²) in [7, 11) is 0. The third kappa shape index (κ3) is 8.07. The highest BCUT2D eigenvalue weighted by Gasteiger charge is 2.27. The fourth-order valence-electron chi connectivity index (χ4n) is 4.89. The second-order valence-corrected chi connectivity index (χ2v) is 13.3. The van der Waals surface area contributed by atoms with E-state index in [0.29, 0.717) is 33.9 Å². The standard InChI is InChI=1S/2C17H22FN3O2/c2*1-16(2,22)11-8-9(18)7-10(14(11)20)13-6-5-12(19)15(21-13)17(3,4)23/h2*5-8,22-23H,19-20H2,1-4H3. The van der Waals surface area contributed by atoms with Gasteiger partial charge in [0.05, 0.1) is 45.4 Å². The molecule has 12 N–H and O–H groups in total. The van der Waals surface area contributed by atoms with E-state index in [0.717, 1.165) is 0 Å². The topological polar surface area (TPSA) is 211 Å². The predicted molar refractivity (Wildman–Crippen MR) is 178 cm³/mol. The Hall–Kier alpha value is -4.36. The molecule has 2 aromatic heterocycles. The zero-order chi connectivity index (χ0) is 35.2. The van der Waals surface area contributed by atoms with Gasteiger partial charge in [0.15, 0.2) is 0 Å². The molecule has 0 aliphatic carbocycles. The van der Waals surface area contributed by atoms with Gasteiger partial charge in [0.25, 0.3) is 0 Å². The van der Waals surface area contributed by atoms with Gasteiger partial charge < -0.3 is 43.4 Å². The zero-order valence-corrected chi connectivity index (χ0v) is 27.4. The Balaban J connectivity index is 0.000000250. The van der Waals surface area contributed by atoms with Crippen LogP contribution in [0.25, 0.3) is 22.5 Å². The van der Waals surface area contributed by atoms with Gasteiger partial charge in [-0.15, -0.1) is 0 Å². The first-order valence-electron chi connectivity index (χ1n) is 14.5. The van der Waals surface area contributed by atoms with Crippen molar-refractivity contribution in [2.45, 2.75) is 77.8 Å². The van der Waals surface area contributed by atoms with Crippen molar-refractivity contribution in [3.63, 3.8) is 0 Å². The van der Waals surface area contributed by atoms with Crippen molar-refractivity contribution in [2.75, 3.05) is 22.9 Å². The van der Waals surface area contributed by atoms with E-state index >= 15 is 0 Å². The summed E-state index contributed by atoms with van der Waals surface area (Å²) in [6, 6.07) is 11.3. The summed E-state index contributed by atoms with van der Waals surface area (Å²) in [5, 5.41) is 40.7. The largest absolute Gasteiger partial charge is 0.398 e. The van der Waals surface area contributed by atoms with Crippen LogP contribution in [0.1, 0.15) is 77.9 Å². The molecule has 46 heavy (non-hydrogen) atoms. The first kappa shape index (κ1) is 36.1. The minimum atomic E-state index is -1.30. The molecular weight excluding hydrogens is 594 g/mol. The number of anilines is 4. The molecular formula is C34H44F2N6O4. The molecule has 0 radical (unpaired) electrons. The molecule has 2 aromatic carbocycles. The highest BCUT2D eigenvalue weighted by Crippen LogP contribution is 2.38. The summed E-state index contributed by atoms with van der Waals surface area (Å²) in [4.78, 5) is 8.67. The number of aromatic nitrogens is 2. The predicted octanol–water partition coefficient (Wildman–Crippen LogP) is 5.01. The number of rotatable bonds is 6. The van der Waals surface area contributed by atoms with Crippen molar-refractivity contribution in [2.24, 2.45) is 0 Å². The third-order valence-corrected chi connectivity index (χ3v) is 7.17. The van der Waals surface area contributed by atoms with Gasteiger partial charge in [-0.05, 0) is 104 Å². The van der Waals surface area contributed by atoms with Crippen LogP contribution in [-0.4, -0.2) is 30.4 Å². The van der Waals surface area contributed by atoms with Crippen molar-refractivity contribution in [3.05, 3.63) is 82.7 Å². The van der Waals surface area contributed by atoms with E-state index in [4.69, 9.17) is 22.9 Å². The summed E-state index contributed by atoms with van der Waals surface area (Å²) < 4.78 is 27.9. The molecule has 0 saturated heterocycles. The summed E-state index contributed by atoms with van der Waals surface area (Å²) in [6.45, 7) is 12.4. The molecule has 4 rings (SSSR count). The van der Waals surface area contributed by atoms with Crippen molar-refractivity contribution in [3.8, 4) is 22.5 Å². The van der Waals surface area contributed by atoms with E-state index in [-0.39, 0.29) is 33.9 Å². The van der Waals surface area contributed by atoms with E-state index in [1.54, 1.807) is 52.0 Å². The Kier molecular flexibility index (Phi) is 9.77. The highest BCUT2D eigenvalue weighted by molar-refractivity contribution is 5.79. The number of hydrogen-bond acceptors (Lipinski definition) is 10. The van der Waals surface area contributed by atoms with Gasteiger partial charge in [0, 0.05) is 33.6 Å². The third-order valence-electron chi connectivity index (χ3n) is 7.17. The molecule has 0 aliphatic heterocycles. The second kappa shape index (κ2) is 12.4. The van der Waals surface area contributed by atoms with E-state index < -0.39 is 34.0 Å². The maximum absolute atomic E-state index is 14.0. The highest BCUT2D eigenvalue weighted by atomic mass is 19.1. The van der Waals surface area contributed by atoms with Crippen LogP contribution < -0.4 is 22.9 Å². The minimum Gasteiger partial charge on any atom is -0.398 e. The number of benzene rings is 2. The first-order valence-corrected chi connectivity index (χ1v) is 14.5. The van der Waals surface area contributed by atoms with Gasteiger partial charge in [-0.3, -0.25) is 0 Å². The quantitative estimate of drug-likeness (QED) is 0.132. The molecule has 0 atom stereocenters. The Morgan fingerprint density at radius 3 is 1.07 bits per heavy atom. The lowest BCUT2D eigenvalue weighted by Crippen LogP contribution is -2.21. The Morgan fingerprint density at radius 2 is 0.804 bits per heavy atom. The first-order chi connectivity index (χ1) is 20.8. The van der Waals surface area contributed by atoms with Gasteiger partial charge in [-0.2, -0.15) is 0 Å². The average Bonchev–Trinajstić information content (AvgIpc) is 2.89. The van der Waals surface area contributed by atoms with Gasteiger partial charge in [0.1, 0.15) is 22.8 Å². The SMILES string of the molecule is CC(C)(O)c1cc(F)cc(-c2ccc(N)c(C(C)(C)O)n2)c1N.CC(C)(O)c1cc(F)cc(-c2ccc(N)c(C(C)(C)O)n2)c1N. The average molecular weight is 639 g/mol. The van der Waals surface area contributed by atoms with Gasteiger partial charge in [-0.25, -0.2) is 18.7 Å². The van der Waals surface area contributed by atoms with Crippen LogP contribution in [0.5, 0.6) is 0 Å². The molecule has 10 nitrogen and oxygen atoms in total. The number of nitrogens with zero attached hydrogens (tertiary/aromatic N) is 2. The molecule has 0 aliphatic rings. The summed E-state index contributed by atoms with van der Waals surface area (Å²) in [5.41, 5.74) is 22.5. The number of nitrogens with two attached hydrogens (primary N) is 4. The monoisotopic (exact) mass is 638 g/mol. The van der Waals surface area contributed by atoms with Crippen LogP contribution in [0.2, 0.25) is 0 Å². The van der Waals surface area contributed by atoms with Crippen LogP contribution in [0.15, 0.2) is 48.5 Å². The van der Waals surface area contributed by atoms with Crippen LogP contribution in [0.4, 0.5) is 31.5 Å². The van der Waals surface area contributed by atoms with Gasteiger partial charge >= 0.3 is 0 Å². The normalized spacial score (nSPS) is 12.5. The van der Waals surface area contributed by atoms with Gasteiger partial charge in [0.2, 0.25) is 0 Å². The molecule has 0 amide bonds. The smallest absolute Gasteiger partial charge is 0.124 e. The van der Waals surface area contributed by atoms with Crippen molar-refractivity contribution >= 4 is 22.7 Å². The Morgan fingerprint density at radius 1 is 0.500 bits per heavy atom. The zero-order valence-electron chi connectivity index (χ0n) is 27.4. The lowest BCUT2D eigenvalue weighted by Gasteiger charge is -2.23. The van der Waals surface area contributed by atoms with Crippen LogP contribution in [0, 0.1) is 11.6 Å². The maximum Gasteiger partial charge on any atom is 0.124 e. The van der Waals surface area contributed by atoms with E-state index in [1.165, 1.54) is 52.0 Å². The Bertz CT molecular complexity index is 1620. The molecule has 0 unspecified atom stereocenters. The summed E-state index contributed by atoms with van der Waals surface area (Å²) >= 11 is 0.